The maximum absolute atomic E-state index is 12.0. The molecule has 8 nitrogen and oxygen atoms in total. The molecule has 0 aromatic rings. The number of esters is 1. The summed E-state index contributed by atoms with van der Waals surface area (Å²) in [5.41, 5.74) is 0. The summed E-state index contributed by atoms with van der Waals surface area (Å²) in [6, 6.07) is 0. The first-order valence-corrected chi connectivity index (χ1v) is 14.1. The van der Waals surface area contributed by atoms with Crippen LogP contribution in [0.1, 0.15) is 117 Å². The summed E-state index contributed by atoms with van der Waals surface area (Å²) >= 11 is 0. The van der Waals surface area contributed by atoms with Gasteiger partial charge in [-0.05, 0) is 19.8 Å². The minimum absolute atomic E-state index is 0.0730. The topological polar surface area (TPSA) is 113 Å². The molecule has 0 aromatic heterocycles. The smallest absolute Gasteiger partial charge is 0.331 e. The molecular formula is C23H46NO7P. The maximum Gasteiger partial charge on any atom is 0.331 e. The molecule has 0 fully saturated rings. The van der Waals surface area contributed by atoms with Gasteiger partial charge < -0.3 is 9.63 Å². The number of amides is 1. The summed E-state index contributed by atoms with van der Waals surface area (Å²) in [4.78, 5) is 32.6. The Morgan fingerprint density at radius 1 is 0.875 bits per heavy atom. The number of hydroxylamine groups is 2. The molecule has 0 saturated carbocycles. The molecule has 2 N–H and O–H groups in total. The first kappa shape index (κ1) is 31.0. The molecule has 0 radical (unpaired) electrons. The quantitative estimate of drug-likeness (QED) is 0.0504. The summed E-state index contributed by atoms with van der Waals surface area (Å²) in [6.07, 6.45) is 14.9. The highest BCUT2D eigenvalue weighted by Crippen LogP contribution is 2.44. The van der Waals surface area contributed by atoms with E-state index in [1.165, 1.54) is 78.1 Å². The number of rotatable bonds is 21. The Morgan fingerprint density at radius 3 is 1.81 bits per heavy atom. The molecule has 0 spiro atoms. The van der Waals surface area contributed by atoms with Crippen molar-refractivity contribution < 1.29 is 33.5 Å². The van der Waals surface area contributed by atoms with E-state index >= 15 is 0 Å². The van der Waals surface area contributed by atoms with Gasteiger partial charge in [0.1, 0.15) is 0 Å². The van der Waals surface area contributed by atoms with Crippen LogP contribution < -0.4 is 0 Å². The van der Waals surface area contributed by atoms with Crippen LogP contribution in [0, 0.1) is 0 Å². The Morgan fingerprint density at radius 2 is 1.34 bits per heavy atom. The zero-order valence-corrected chi connectivity index (χ0v) is 21.3. The third kappa shape index (κ3) is 19.7. The molecule has 0 aromatic carbocycles. The maximum atomic E-state index is 12.0. The van der Waals surface area contributed by atoms with Gasteiger partial charge >= 0.3 is 13.6 Å². The van der Waals surface area contributed by atoms with Crippen molar-refractivity contribution in [3.8, 4) is 0 Å². The van der Waals surface area contributed by atoms with Gasteiger partial charge in [0.15, 0.2) is 0 Å². The largest absolute Gasteiger partial charge is 0.436 e. The molecule has 190 valence electrons. The first-order chi connectivity index (χ1) is 15.2. The van der Waals surface area contributed by atoms with Gasteiger partial charge in [-0.1, -0.05) is 84.0 Å². The van der Waals surface area contributed by atoms with Gasteiger partial charge in [-0.15, -0.1) is 0 Å². The summed E-state index contributed by atoms with van der Waals surface area (Å²) < 4.78 is 22.0. The highest BCUT2D eigenvalue weighted by atomic mass is 31.2. The predicted octanol–water partition coefficient (Wildman–Crippen LogP) is 6.19. The Kier molecular flexibility index (Phi) is 18.9. The summed E-state index contributed by atoms with van der Waals surface area (Å²) in [5, 5.41) is 9.72. The fourth-order valence-corrected chi connectivity index (χ4v) is 4.57. The van der Waals surface area contributed by atoms with Crippen LogP contribution in [0.4, 0.5) is 0 Å². The second kappa shape index (κ2) is 19.5. The highest BCUT2D eigenvalue weighted by Gasteiger charge is 2.24. The Labute approximate surface area is 194 Å². The second-order valence-corrected chi connectivity index (χ2v) is 10.4. The number of carbonyl (C=O) groups is 2. The predicted molar refractivity (Wildman–Crippen MR) is 125 cm³/mol. The van der Waals surface area contributed by atoms with Crippen LogP contribution in [0.2, 0.25) is 0 Å². The minimum Gasteiger partial charge on any atom is -0.436 e. The SMILES string of the molecule is CCCCCCCCCCCCCCCC(=O)OC(C)OP(=O)(O)CCCN(O)C(C)=O. The van der Waals surface area contributed by atoms with E-state index in [9.17, 15) is 24.3 Å². The van der Waals surface area contributed by atoms with Crippen LogP contribution in [-0.2, 0) is 23.4 Å². The molecule has 0 aliphatic heterocycles. The average Bonchev–Trinajstić information content (AvgIpc) is 2.70. The molecule has 2 atom stereocenters. The van der Waals surface area contributed by atoms with E-state index in [2.05, 4.69) is 6.92 Å². The lowest BCUT2D eigenvalue weighted by Gasteiger charge is -2.19. The van der Waals surface area contributed by atoms with E-state index in [4.69, 9.17) is 9.26 Å². The third-order valence-corrected chi connectivity index (χ3v) is 6.78. The van der Waals surface area contributed by atoms with E-state index in [0.29, 0.717) is 5.06 Å². The molecule has 32 heavy (non-hydrogen) atoms. The molecule has 0 heterocycles. The average molecular weight is 480 g/mol. The lowest BCUT2D eigenvalue weighted by Crippen LogP contribution is -2.26. The van der Waals surface area contributed by atoms with Crippen molar-refractivity contribution in [3.63, 3.8) is 0 Å². The van der Waals surface area contributed by atoms with Crippen molar-refractivity contribution in [2.24, 2.45) is 0 Å². The van der Waals surface area contributed by atoms with Crippen LogP contribution >= 0.6 is 7.60 Å². The number of hydrogen-bond acceptors (Lipinski definition) is 6. The van der Waals surface area contributed by atoms with E-state index in [0.717, 1.165) is 19.3 Å². The fraction of sp³-hybridized carbons (Fsp3) is 0.913. The van der Waals surface area contributed by atoms with Crippen LogP contribution in [0.5, 0.6) is 0 Å². The lowest BCUT2D eigenvalue weighted by molar-refractivity contribution is -0.163. The number of carbonyl (C=O) groups excluding carboxylic acids is 2. The zero-order chi connectivity index (χ0) is 24.2. The van der Waals surface area contributed by atoms with Crippen LogP contribution in [0.15, 0.2) is 0 Å². The highest BCUT2D eigenvalue weighted by molar-refractivity contribution is 7.52. The van der Waals surface area contributed by atoms with Crippen LogP contribution in [-0.4, -0.2) is 46.0 Å². The van der Waals surface area contributed by atoms with Crippen LogP contribution in [0.3, 0.4) is 0 Å². The first-order valence-electron chi connectivity index (χ1n) is 12.3. The molecule has 0 aliphatic rings. The number of unbranched alkanes of at least 4 members (excludes halogenated alkanes) is 12. The summed E-state index contributed by atoms with van der Waals surface area (Å²) in [7, 11) is -3.98. The molecule has 9 heteroatoms. The van der Waals surface area contributed by atoms with Crippen molar-refractivity contribution in [1.82, 2.24) is 5.06 Å². The Balaban J connectivity index is 3.66. The van der Waals surface area contributed by atoms with E-state index in [1.807, 2.05) is 0 Å². The van der Waals surface area contributed by atoms with Gasteiger partial charge in [0.05, 0.1) is 6.16 Å². The van der Waals surface area contributed by atoms with Crippen LogP contribution in [0.25, 0.3) is 0 Å². The van der Waals surface area contributed by atoms with Crippen molar-refractivity contribution in [3.05, 3.63) is 0 Å². The normalized spacial score (nSPS) is 14.0. The zero-order valence-electron chi connectivity index (χ0n) is 20.4. The van der Waals surface area contributed by atoms with Gasteiger partial charge in [0, 0.05) is 19.9 Å². The summed E-state index contributed by atoms with van der Waals surface area (Å²) in [6.45, 7) is 4.76. The van der Waals surface area contributed by atoms with E-state index < -0.39 is 25.8 Å². The lowest BCUT2D eigenvalue weighted by atomic mass is 10.0. The van der Waals surface area contributed by atoms with Gasteiger partial charge in [-0.2, -0.15) is 0 Å². The number of hydrogen-bond donors (Lipinski definition) is 2. The standard InChI is InChI=1S/C23H46NO7P/c1-4-5-6-7-8-9-10-11-12-13-14-15-16-18-23(26)30-22(3)31-32(28,29)20-17-19-24(27)21(2)25/h22,27H,4-20H2,1-3H3,(H,28,29). The van der Waals surface area contributed by atoms with Gasteiger partial charge in [-0.25, -0.2) is 5.06 Å². The van der Waals surface area contributed by atoms with Gasteiger partial charge in [0.2, 0.25) is 12.2 Å². The van der Waals surface area contributed by atoms with Gasteiger partial charge in [-0.3, -0.25) is 23.9 Å². The number of ether oxygens (including phenoxy) is 1. The van der Waals surface area contributed by atoms with E-state index in [1.54, 1.807) is 0 Å². The molecular weight excluding hydrogens is 433 g/mol. The molecule has 2 unspecified atom stereocenters. The van der Waals surface area contributed by atoms with E-state index in [-0.39, 0.29) is 25.5 Å². The molecule has 0 bridgehead atoms. The Hall–Kier alpha value is -0.950. The van der Waals surface area contributed by atoms with Crippen molar-refractivity contribution in [2.45, 2.75) is 123 Å². The Bertz CT molecular complexity index is 544. The van der Waals surface area contributed by atoms with Gasteiger partial charge in [0.25, 0.3) is 0 Å². The number of nitrogens with zero attached hydrogens (tertiary/aromatic N) is 1. The van der Waals surface area contributed by atoms with Crippen molar-refractivity contribution in [1.29, 1.82) is 0 Å². The monoisotopic (exact) mass is 479 g/mol. The molecule has 1 amide bonds. The third-order valence-electron chi connectivity index (χ3n) is 5.27. The fourth-order valence-electron chi connectivity index (χ4n) is 3.42. The molecule has 0 saturated heterocycles. The minimum atomic E-state index is -3.98. The van der Waals surface area contributed by atoms with Crippen molar-refractivity contribution in [2.75, 3.05) is 12.7 Å². The second-order valence-electron chi connectivity index (χ2n) is 8.51. The summed E-state index contributed by atoms with van der Waals surface area (Å²) in [5.74, 6) is -0.993. The molecule has 0 aliphatic carbocycles. The van der Waals surface area contributed by atoms with Crippen molar-refractivity contribution >= 4 is 19.5 Å². The molecule has 0 rings (SSSR count).